The number of nitrogens with one attached hydrogen (secondary N) is 1. The van der Waals surface area contributed by atoms with Crippen molar-refractivity contribution >= 4 is 10.8 Å². The molecule has 4 unspecified atom stereocenters. The van der Waals surface area contributed by atoms with Gasteiger partial charge in [0.1, 0.15) is 5.82 Å². The van der Waals surface area contributed by atoms with Crippen molar-refractivity contribution in [1.29, 1.82) is 0 Å². The molecular formula is C13H16FNOS. The molecule has 1 N–H and O–H groups in total. The second-order valence-corrected chi connectivity index (χ2v) is 6.82. The lowest BCUT2D eigenvalue weighted by atomic mass is 10.1. The van der Waals surface area contributed by atoms with Crippen molar-refractivity contribution in [3.63, 3.8) is 0 Å². The average molecular weight is 253 g/mol. The van der Waals surface area contributed by atoms with E-state index in [1.54, 1.807) is 6.07 Å². The minimum Gasteiger partial charge on any atom is -0.309 e. The van der Waals surface area contributed by atoms with Crippen molar-refractivity contribution in [2.75, 3.05) is 12.3 Å². The number of fused-ring (bicyclic) bond motifs is 3. The van der Waals surface area contributed by atoms with Crippen LogP contribution in [0.15, 0.2) is 18.2 Å². The first-order valence-corrected chi connectivity index (χ1v) is 7.42. The molecule has 0 amide bonds. The molecule has 1 aromatic rings. The van der Waals surface area contributed by atoms with Gasteiger partial charge in [0.15, 0.2) is 0 Å². The molecule has 17 heavy (non-hydrogen) atoms. The summed E-state index contributed by atoms with van der Waals surface area (Å²) in [6.45, 7) is 3.02. The fourth-order valence-corrected chi connectivity index (χ4v) is 4.70. The van der Waals surface area contributed by atoms with Crippen LogP contribution in [0.3, 0.4) is 0 Å². The Morgan fingerprint density at radius 1 is 1.47 bits per heavy atom. The van der Waals surface area contributed by atoms with Gasteiger partial charge in [0.2, 0.25) is 0 Å². The highest BCUT2D eigenvalue weighted by atomic mass is 32.2. The summed E-state index contributed by atoms with van der Waals surface area (Å²) in [5.41, 5.74) is 2.16. The zero-order chi connectivity index (χ0) is 12.0. The van der Waals surface area contributed by atoms with Crippen molar-refractivity contribution in [2.24, 2.45) is 5.92 Å². The molecule has 1 aliphatic heterocycles. The maximum atomic E-state index is 13.2. The molecule has 1 aromatic carbocycles. The average Bonchev–Trinajstić information content (AvgIpc) is 2.57. The van der Waals surface area contributed by atoms with Crippen LogP contribution in [0.1, 0.15) is 24.1 Å². The van der Waals surface area contributed by atoms with Crippen LogP contribution in [-0.2, 0) is 17.2 Å². The van der Waals surface area contributed by atoms with Gasteiger partial charge in [-0.15, -0.1) is 0 Å². The zero-order valence-electron chi connectivity index (χ0n) is 9.78. The van der Waals surface area contributed by atoms with Crippen molar-refractivity contribution in [3.05, 3.63) is 35.1 Å². The summed E-state index contributed by atoms with van der Waals surface area (Å²) in [6.07, 6.45) is 0.740. The number of hydrogen-bond donors (Lipinski definition) is 1. The van der Waals surface area contributed by atoms with Crippen molar-refractivity contribution in [1.82, 2.24) is 5.32 Å². The highest BCUT2D eigenvalue weighted by Gasteiger charge is 2.38. The van der Waals surface area contributed by atoms with E-state index in [1.165, 1.54) is 6.07 Å². The first-order chi connectivity index (χ1) is 8.15. The van der Waals surface area contributed by atoms with E-state index in [4.69, 9.17) is 0 Å². The van der Waals surface area contributed by atoms with Crippen molar-refractivity contribution in [2.45, 2.75) is 24.6 Å². The minimum atomic E-state index is -0.811. The molecule has 1 aliphatic carbocycles. The smallest absolute Gasteiger partial charge is 0.123 e. The van der Waals surface area contributed by atoms with Crippen LogP contribution in [0, 0.1) is 11.7 Å². The van der Waals surface area contributed by atoms with Gasteiger partial charge in [-0.2, -0.15) is 0 Å². The summed E-state index contributed by atoms with van der Waals surface area (Å²) in [4.78, 5) is 0. The molecule has 0 aromatic heterocycles. The predicted molar refractivity (Wildman–Crippen MR) is 66.8 cm³/mol. The van der Waals surface area contributed by atoms with Crippen LogP contribution in [0.25, 0.3) is 0 Å². The molecule has 4 heteroatoms. The number of halogens is 1. The summed E-state index contributed by atoms with van der Waals surface area (Å²) < 4.78 is 25.4. The third-order valence-corrected chi connectivity index (χ3v) is 5.72. The van der Waals surface area contributed by atoms with Crippen molar-refractivity contribution in [3.8, 4) is 0 Å². The lowest BCUT2D eigenvalue weighted by Crippen LogP contribution is -2.29. The van der Waals surface area contributed by atoms with Gasteiger partial charge in [-0.05, 0) is 42.1 Å². The summed E-state index contributed by atoms with van der Waals surface area (Å²) in [5, 5.41) is 3.61. The van der Waals surface area contributed by atoms with Crippen LogP contribution in [0.4, 0.5) is 4.39 Å². The first-order valence-electron chi connectivity index (χ1n) is 6.04. The van der Waals surface area contributed by atoms with E-state index < -0.39 is 10.8 Å². The highest BCUT2D eigenvalue weighted by Crippen LogP contribution is 2.36. The third-order valence-electron chi connectivity index (χ3n) is 3.71. The Bertz CT molecular complexity index is 476. The lowest BCUT2D eigenvalue weighted by Gasteiger charge is -2.17. The van der Waals surface area contributed by atoms with Gasteiger partial charge in [0.05, 0.1) is 5.25 Å². The maximum absolute atomic E-state index is 13.2. The summed E-state index contributed by atoms with van der Waals surface area (Å²) >= 11 is 0. The number of benzene rings is 1. The van der Waals surface area contributed by atoms with E-state index in [1.807, 2.05) is 6.07 Å². The van der Waals surface area contributed by atoms with E-state index in [0.29, 0.717) is 5.92 Å². The molecule has 2 aliphatic rings. The molecule has 3 rings (SSSR count). The van der Waals surface area contributed by atoms with Gasteiger partial charge in [0.25, 0.3) is 0 Å². The zero-order valence-corrected chi connectivity index (χ0v) is 10.6. The highest BCUT2D eigenvalue weighted by molar-refractivity contribution is 7.85. The second kappa shape index (κ2) is 4.18. The van der Waals surface area contributed by atoms with Gasteiger partial charge >= 0.3 is 0 Å². The van der Waals surface area contributed by atoms with Gasteiger partial charge in [0, 0.05) is 22.6 Å². The molecule has 0 radical (unpaired) electrons. The van der Waals surface area contributed by atoms with Crippen LogP contribution < -0.4 is 5.32 Å². The maximum Gasteiger partial charge on any atom is 0.123 e. The fraction of sp³-hybridized carbons (Fsp3) is 0.538. The molecular weight excluding hydrogens is 237 g/mol. The van der Waals surface area contributed by atoms with Crippen LogP contribution >= 0.6 is 0 Å². The molecule has 1 fully saturated rings. The second-order valence-electron chi connectivity index (χ2n) is 5.12. The SMILES string of the molecule is CC1CNC2c3ccc(F)cc3CC2S(=O)C1. The molecule has 4 atom stereocenters. The molecule has 92 valence electrons. The van der Waals surface area contributed by atoms with Crippen LogP contribution in [0.5, 0.6) is 0 Å². The van der Waals surface area contributed by atoms with E-state index in [-0.39, 0.29) is 17.1 Å². The van der Waals surface area contributed by atoms with Crippen LogP contribution in [-0.4, -0.2) is 21.8 Å². The van der Waals surface area contributed by atoms with E-state index in [2.05, 4.69) is 12.2 Å². The summed E-state index contributed by atoms with van der Waals surface area (Å²) in [7, 11) is -0.811. The largest absolute Gasteiger partial charge is 0.309 e. The predicted octanol–water partition coefficient (Wildman–Crippen LogP) is 1.78. The Kier molecular flexibility index (Phi) is 2.79. The van der Waals surface area contributed by atoms with Gasteiger partial charge in [-0.3, -0.25) is 4.21 Å². The Hall–Kier alpha value is -0.740. The monoisotopic (exact) mass is 253 g/mol. The summed E-state index contributed by atoms with van der Waals surface area (Å²) in [5.74, 6) is 1.01. The summed E-state index contributed by atoms with van der Waals surface area (Å²) in [6, 6.07) is 5.08. The molecule has 1 saturated heterocycles. The van der Waals surface area contributed by atoms with E-state index in [9.17, 15) is 8.60 Å². The van der Waals surface area contributed by atoms with Crippen LogP contribution in [0.2, 0.25) is 0 Å². The Morgan fingerprint density at radius 2 is 2.29 bits per heavy atom. The Morgan fingerprint density at radius 3 is 3.12 bits per heavy atom. The topological polar surface area (TPSA) is 29.1 Å². The Labute approximate surface area is 103 Å². The van der Waals surface area contributed by atoms with E-state index in [0.717, 1.165) is 29.8 Å². The molecule has 1 heterocycles. The van der Waals surface area contributed by atoms with Gasteiger partial charge in [-0.25, -0.2) is 4.39 Å². The quantitative estimate of drug-likeness (QED) is 0.763. The van der Waals surface area contributed by atoms with Gasteiger partial charge in [-0.1, -0.05) is 13.0 Å². The van der Waals surface area contributed by atoms with Crippen molar-refractivity contribution < 1.29 is 8.60 Å². The van der Waals surface area contributed by atoms with Gasteiger partial charge < -0.3 is 5.32 Å². The number of rotatable bonds is 0. The molecule has 0 bridgehead atoms. The molecule has 2 nitrogen and oxygen atoms in total. The third kappa shape index (κ3) is 1.93. The normalized spacial score (nSPS) is 36.1. The molecule has 0 saturated carbocycles. The van der Waals surface area contributed by atoms with E-state index >= 15 is 0 Å². The Balaban J connectivity index is 1.98. The lowest BCUT2D eigenvalue weighted by molar-refractivity contribution is 0.497. The first kappa shape index (κ1) is 11.4. The minimum absolute atomic E-state index is 0.122. The standard InChI is InChI=1S/C13H16FNOS/c1-8-6-15-13-11-3-2-10(14)4-9(11)5-12(13)17(16)7-8/h2-4,8,12-13,15H,5-7H2,1H3. The number of hydrogen-bond acceptors (Lipinski definition) is 2. The molecule has 0 spiro atoms. The fourth-order valence-electron chi connectivity index (χ4n) is 2.87.